The number of carbonyl (C=O) groups excluding carboxylic acids is 1. The van der Waals surface area contributed by atoms with Crippen LogP contribution in [0.1, 0.15) is 10.6 Å². The van der Waals surface area contributed by atoms with Crippen molar-refractivity contribution in [1.82, 2.24) is 4.98 Å². The number of hydrogen-bond acceptors (Lipinski definition) is 7. The van der Waals surface area contributed by atoms with Crippen LogP contribution >= 0.6 is 11.3 Å². The van der Waals surface area contributed by atoms with E-state index in [2.05, 4.69) is 4.98 Å². The highest BCUT2D eigenvalue weighted by Gasteiger charge is 2.33. The third-order valence-corrected chi connectivity index (χ3v) is 5.65. The van der Waals surface area contributed by atoms with Gasteiger partial charge in [0.15, 0.2) is 10.6 Å². The van der Waals surface area contributed by atoms with Crippen LogP contribution < -0.4 is 10.3 Å². The van der Waals surface area contributed by atoms with E-state index in [-0.39, 0.29) is 23.1 Å². The number of thiazole rings is 1. The van der Waals surface area contributed by atoms with Crippen LogP contribution in [0.4, 0.5) is 9.52 Å². The lowest BCUT2D eigenvalue weighted by Gasteiger charge is -2.37. The van der Waals surface area contributed by atoms with Crippen LogP contribution in [-0.4, -0.2) is 30.1 Å². The summed E-state index contributed by atoms with van der Waals surface area (Å²) in [5, 5.41) is 1.17. The molecule has 0 amide bonds. The van der Waals surface area contributed by atoms with Gasteiger partial charge in [-0.15, -0.1) is 0 Å². The Morgan fingerprint density at radius 2 is 2.04 bits per heavy atom. The number of carbonyl (C=O) groups is 1. The van der Waals surface area contributed by atoms with Gasteiger partial charge in [0.2, 0.25) is 5.76 Å². The molecule has 0 aliphatic carbocycles. The molecule has 0 spiro atoms. The van der Waals surface area contributed by atoms with Crippen LogP contribution in [0, 0.1) is 5.82 Å². The van der Waals surface area contributed by atoms with Gasteiger partial charge in [0, 0.05) is 6.07 Å². The summed E-state index contributed by atoms with van der Waals surface area (Å²) in [5.74, 6) is -1.08. The number of anilines is 1. The quantitative estimate of drug-likeness (QED) is 0.493. The summed E-state index contributed by atoms with van der Waals surface area (Å²) in [5.41, 5.74) is 0.796. The lowest BCUT2D eigenvalue weighted by atomic mass is 10.2. The van der Waals surface area contributed by atoms with Gasteiger partial charge < -0.3 is 14.1 Å². The Balaban J connectivity index is 1.28. The fourth-order valence-electron chi connectivity index (χ4n) is 3.10. The molecule has 3 heterocycles. The van der Waals surface area contributed by atoms with Crippen molar-refractivity contribution in [1.29, 1.82) is 0 Å². The van der Waals surface area contributed by atoms with Crippen molar-refractivity contribution in [2.45, 2.75) is 6.10 Å². The summed E-state index contributed by atoms with van der Waals surface area (Å²) in [6.45, 7) is 0.956. The number of rotatable bonds is 3. The van der Waals surface area contributed by atoms with E-state index in [1.54, 1.807) is 30.3 Å². The Kier molecular flexibility index (Phi) is 3.87. The van der Waals surface area contributed by atoms with Crippen molar-refractivity contribution >= 4 is 43.6 Å². The first-order chi connectivity index (χ1) is 13.6. The van der Waals surface area contributed by atoms with E-state index in [0.717, 1.165) is 21.4 Å². The van der Waals surface area contributed by atoms with Crippen molar-refractivity contribution in [3.05, 3.63) is 70.3 Å². The SMILES string of the molecule is O=C(OC1CN(c2nc3ccc(F)cc3s2)C1)c1cc(=O)c2ccccc2o1. The summed E-state index contributed by atoms with van der Waals surface area (Å²) in [6.07, 6.45) is -0.326. The molecule has 0 N–H and O–H groups in total. The molecule has 1 fully saturated rings. The number of halogens is 1. The highest BCUT2D eigenvalue weighted by atomic mass is 32.1. The largest absolute Gasteiger partial charge is 0.453 e. The monoisotopic (exact) mass is 396 g/mol. The van der Waals surface area contributed by atoms with E-state index < -0.39 is 5.97 Å². The predicted octanol–water partition coefficient (Wildman–Crippen LogP) is 3.59. The van der Waals surface area contributed by atoms with Gasteiger partial charge in [0.25, 0.3) is 0 Å². The van der Waals surface area contributed by atoms with Gasteiger partial charge >= 0.3 is 5.97 Å². The highest BCUT2D eigenvalue weighted by Crippen LogP contribution is 2.32. The molecular formula is C20H13FN2O4S. The van der Waals surface area contributed by atoms with Crippen LogP contribution in [0.15, 0.2) is 57.7 Å². The lowest BCUT2D eigenvalue weighted by molar-refractivity contribution is 0.0200. The summed E-state index contributed by atoms with van der Waals surface area (Å²) < 4.78 is 25.0. The van der Waals surface area contributed by atoms with Crippen LogP contribution in [-0.2, 0) is 4.74 Å². The second kappa shape index (κ2) is 6.42. The molecular weight excluding hydrogens is 383 g/mol. The predicted molar refractivity (Wildman–Crippen MR) is 103 cm³/mol. The maximum absolute atomic E-state index is 13.3. The maximum Gasteiger partial charge on any atom is 0.374 e. The van der Waals surface area contributed by atoms with E-state index in [9.17, 15) is 14.0 Å². The fraction of sp³-hybridized carbons (Fsp3) is 0.150. The van der Waals surface area contributed by atoms with Crippen molar-refractivity contribution < 1.29 is 18.3 Å². The first-order valence-electron chi connectivity index (χ1n) is 8.62. The zero-order valence-corrected chi connectivity index (χ0v) is 15.2. The Morgan fingerprint density at radius 1 is 1.21 bits per heavy atom. The highest BCUT2D eigenvalue weighted by molar-refractivity contribution is 7.22. The van der Waals surface area contributed by atoms with Crippen molar-refractivity contribution in [2.24, 2.45) is 0 Å². The minimum absolute atomic E-state index is 0.113. The van der Waals surface area contributed by atoms with Crippen LogP contribution in [0.25, 0.3) is 21.2 Å². The molecule has 0 radical (unpaired) electrons. The zero-order valence-electron chi connectivity index (χ0n) is 14.4. The second-order valence-electron chi connectivity index (χ2n) is 6.51. The number of aromatic nitrogens is 1. The van der Waals surface area contributed by atoms with Crippen LogP contribution in [0.2, 0.25) is 0 Å². The minimum Gasteiger partial charge on any atom is -0.453 e. The molecule has 8 heteroatoms. The van der Waals surface area contributed by atoms with Gasteiger partial charge in [-0.1, -0.05) is 23.5 Å². The van der Waals surface area contributed by atoms with Crippen molar-refractivity contribution in [3.8, 4) is 0 Å². The standard InChI is InChI=1S/C20H13FN2O4S/c21-11-5-6-14-18(7-11)28-20(22-14)23-9-12(10-23)26-19(25)17-8-15(24)13-3-1-2-4-16(13)27-17/h1-8,12H,9-10H2. The number of esters is 1. The zero-order chi connectivity index (χ0) is 19.3. The number of benzene rings is 2. The maximum atomic E-state index is 13.3. The molecule has 0 unspecified atom stereocenters. The van der Waals surface area contributed by atoms with E-state index in [4.69, 9.17) is 9.15 Å². The molecule has 5 rings (SSSR count). The average Bonchev–Trinajstić information content (AvgIpc) is 3.06. The topological polar surface area (TPSA) is 72.6 Å². The molecule has 0 saturated carbocycles. The van der Waals surface area contributed by atoms with E-state index in [1.807, 2.05) is 4.90 Å². The molecule has 2 aromatic heterocycles. The third kappa shape index (κ3) is 2.91. The van der Waals surface area contributed by atoms with Crippen molar-refractivity contribution in [3.63, 3.8) is 0 Å². The molecule has 6 nitrogen and oxygen atoms in total. The van der Waals surface area contributed by atoms with Crippen molar-refractivity contribution in [2.75, 3.05) is 18.0 Å². The van der Waals surface area contributed by atoms with Crippen LogP contribution in [0.3, 0.4) is 0 Å². The van der Waals surface area contributed by atoms with Gasteiger partial charge in [0.05, 0.1) is 28.7 Å². The summed E-state index contributed by atoms with van der Waals surface area (Å²) in [4.78, 5) is 30.9. The number of nitrogens with zero attached hydrogens (tertiary/aromatic N) is 2. The third-order valence-electron chi connectivity index (χ3n) is 4.57. The van der Waals surface area contributed by atoms with Gasteiger partial charge in [0.1, 0.15) is 17.5 Å². The lowest BCUT2D eigenvalue weighted by Crippen LogP contribution is -2.53. The van der Waals surface area contributed by atoms with E-state index in [0.29, 0.717) is 24.1 Å². The van der Waals surface area contributed by atoms with Crippen LogP contribution in [0.5, 0.6) is 0 Å². The number of para-hydroxylation sites is 1. The second-order valence-corrected chi connectivity index (χ2v) is 7.52. The smallest absolute Gasteiger partial charge is 0.374 e. The average molecular weight is 396 g/mol. The molecule has 1 aliphatic heterocycles. The molecule has 140 valence electrons. The van der Waals surface area contributed by atoms with E-state index in [1.165, 1.54) is 23.5 Å². The molecule has 2 aromatic carbocycles. The molecule has 1 saturated heterocycles. The summed E-state index contributed by atoms with van der Waals surface area (Å²) in [6, 6.07) is 12.4. The fourth-order valence-corrected chi connectivity index (χ4v) is 4.11. The molecule has 0 bridgehead atoms. The number of fused-ring (bicyclic) bond motifs is 2. The van der Waals surface area contributed by atoms with E-state index >= 15 is 0 Å². The van der Waals surface area contributed by atoms with Gasteiger partial charge in [-0.2, -0.15) is 0 Å². The molecule has 4 aromatic rings. The molecule has 0 atom stereocenters. The normalized spacial score (nSPS) is 14.4. The Hall–Kier alpha value is -3.26. The van der Waals surface area contributed by atoms with Gasteiger partial charge in [-0.3, -0.25) is 4.79 Å². The molecule has 1 aliphatic rings. The first kappa shape index (κ1) is 16.9. The molecule has 28 heavy (non-hydrogen) atoms. The Bertz CT molecular complexity index is 1280. The number of hydrogen-bond donors (Lipinski definition) is 0. The summed E-state index contributed by atoms with van der Waals surface area (Å²) in [7, 11) is 0. The number of ether oxygens (including phenoxy) is 1. The summed E-state index contributed by atoms with van der Waals surface area (Å²) >= 11 is 1.39. The minimum atomic E-state index is -0.668. The van der Waals surface area contributed by atoms with Gasteiger partial charge in [-0.25, -0.2) is 14.2 Å². The first-order valence-corrected chi connectivity index (χ1v) is 9.43. The Morgan fingerprint density at radius 3 is 2.89 bits per heavy atom. The van der Waals surface area contributed by atoms with Gasteiger partial charge in [-0.05, 0) is 30.3 Å². The Labute approximate surface area is 161 Å².